The Labute approximate surface area is 77.6 Å². The second kappa shape index (κ2) is 3.35. The zero-order chi connectivity index (χ0) is 10.1. The van der Waals surface area contributed by atoms with Crippen LogP contribution in [0.1, 0.15) is 5.56 Å². The number of hydrogen-bond donors (Lipinski definition) is 2. The lowest BCUT2D eigenvalue weighted by atomic mass is 10.2. The highest BCUT2D eigenvalue weighted by molar-refractivity contribution is 7.90. The number of rotatable bonds is 2. The van der Waals surface area contributed by atoms with Gasteiger partial charge in [-0.1, -0.05) is 0 Å². The number of benzene rings is 1. The van der Waals surface area contributed by atoms with Gasteiger partial charge in [0.1, 0.15) is 0 Å². The smallest absolute Gasteiger partial charge is 0.175 e. The lowest BCUT2D eigenvalue weighted by molar-refractivity contribution is 0.601. The molecule has 0 unspecified atom stereocenters. The van der Waals surface area contributed by atoms with Crippen molar-refractivity contribution >= 4 is 15.5 Å². The van der Waals surface area contributed by atoms with Crippen molar-refractivity contribution in [1.82, 2.24) is 0 Å². The Hall–Kier alpha value is -1.07. The average Bonchev–Trinajstić information content (AvgIpc) is 2.01. The number of nitrogens with two attached hydrogens (primary N) is 1. The first kappa shape index (κ1) is 10.0. The Bertz CT molecular complexity index is 412. The van der Waals surface area contributed by atoms with Gasteiger partial charge in [0.2, 0.25) is 0 Å². The van der Waals surface area contributed by atoms with Gasteiger partial charge in [0.15, 0.2) is 9.84 Å². The van der Waals surface area contributed by atoms with Crippen LogP contribution in [-0.2, 0) is 9.84 Å². The topological polar surface area (TPSA) is 72.2 Å². The van der Waals surface area contributed by atoms with Gasteiger partial charge in [0.05, 0.1) is 4.90 Å². The van der Waals surface area contributed by atoms with Gasteiger partial charge in [0.25, 0.3) is 0 Å². The number of anilines is 1. The number of hydrazine groups is 1. The van der Waals surface area contributed by atoms with Crippen LogP contribution in [0.25, 0.3) is 0 Å². The van der Waals surface area contributed by atoms with Crippen LogP contribution in [0.15, 0.2) is 23.1 Å². The summed E-state index contributed by atoms with van der Waals surface area (Å²) in [5.41, 5.74) is 3.84. The van der Waals surface area contributed by atoms with E-state index in [-0.39, 0.29) is 0 Å². The fraction of sp³-hybridized carbons (Fsp3) is 0.250. The number of sulfone groups is 1. The monoisotopic (exact) mass is 200 g/mol. The Kier molecular flexibility index (Phi) is 2.58. The summed E-state index contributed by atoms with van der Waals surface area (Å²) in [4.78, 5) is 0.339. The van der Waals surface area contributed by atoms with E-state index < -0.39 is 9.84 Å². The average molecular weight is 200 g/mol. The lowest BCUT2D eigenvalue weighted by Gasteiger charge is -2.05. The van der Waals surface area contributed by atoms with Crippen LogP contribution in [0.5, 0.6) is 0 Å². The van der Waals surface area contributed by atoms with Gasteiger partial charge in [-0.25, -0.2) is 8.42 Å². The van der Waals surface area contributed by atoms with Gasteiger partial charge < -0.3 is 5.43 Å². The Morgan fingerprint density at radius 3 is 2.38 bits per heavy atom. The van der Waals surface area contributed by atoms with Crippen LogP contribution in [0.2, 0.25) is 0 Å². The summed E-state index contributed by atoms with van der Waals surface area (Å²) in [6, 6.07) is 4.86. The highest BCUT2D eigenvalue weighted by Crippen LogP contribution is 2.18. The summed E-state index contributed by atoms with van der Waals surface area (Å²) in [6.45, 7) is 1.73. The standard InChI is InChI=1S/C8H12N2O2S/c1-6-5-7(10-9)3-4-8(6)13(2,11)12/h3-5,10H,9H2,1-2H3. The molecule has 3 N–H and O–H groups in total. The van der Waals surface area contributed by atoms with Gasteiger partial charge in [0, 0.05) is 11.9 Å². The van der Waals surface area contributed by atoms with E-state index >= 15 is 0 Å². The van der Waals surface area contributed by atoms with E-state index in [2.05, 4.69) is 5.43 Å². The summed E-state index contributed by atoms with van der Waals surface area (Å²) in [5.74, 6) is 5.18. The van der Waals surface area contributed by atoms with Crippen molar-refractivity contribution in [3.05, 3.63) is 23.8 Å². The van der Waals surface area contributed by atoms with Crippen LogP contribution in [0.4, 0.5) is 5.69 Å². The number of hydrogen-bond acceptors (Lipinski definition) is 4. The predicted octanol–water partition coefficient (Wildman–Crippen LogP) is 0.684. The molecule has 1 aromatic carbocycles. The summed E-state index contributed by atoms with van der Waals surface area (Å²) >= 11 is 0. The minimum atomic E-state index is -3.13. The van der Waals surface area contributed by atoms with Gasteiger partial charge >= 0.3 is 0 Å². The molecule has 0 aliphatic rings. The summed E-state index contributed by atoms with van der Waals surface area (Å²) in [5, 5.41) is 0. The largest absolute Gasteiger partial charge is 0.324 e. The van der Waals surface area contributed by atoms with Crippen molar-refractivity contribution in [3.8, 4) is 0 Å². The van der Waals surface area contributed by atoms with Crippen LogP contribution >= 0.6 is 0 Å². The van der Waals surface area contributed by atoms with E-state index in [1.165, 1.54) is 6.26 Å². The molecule has 0 aliphatic heterocycles. The highest BCUT2D eigenvalue weighted by Gasteiger charge is 2.09. The SMILES string of the molecule is Cc1cc(NN)ccc1S(C)(=O)=O. The molecule has 0 amide bonds. The van der Waals surface area contributed by atoms with E-state index in [4.69, 9.17) is 5.84 Å². The maximum Gasteiger partial charge on any atom is 0.175 e. The zero-order valence-corrected chi connectivity index (χ0v) is 8.35. The van der Waals surface area contributed by atoms with E-state index in [1.807, 2.05) is 0 Å². The van der Waals surface area contributed by atoms with Crippen LogP contribution < -0.4 is 11.3 Å². The predicted molar refractivity (Wildman–Crippen MR) is 52.1 cm³/mol. The maximum absolute atomic E-state index is 11.2. The Balaban J connectivity index is 3.29. The fourth-order valence-corrected chi connectivity index (χ4v) is 2.11. The number of nitrogens with one attached hydrogen (secondary N) is 1. The summed E-state index contributed by atoms with van der Waals surface area (Å²) < 4.78 is 22.4. The van der Waals surface area contributed by atoms with Crippen molar-refractivity contribution in [2.45, 2.75) is 11.8 Å². The van der Waals surface area contributed by atoms with E-state index in [0.717, 1.165) is 0 Å². The molecule has 0 spiro atoms. The van der Waals surface area contributed by atoms with Crippen molar-refractivity contribution in [2.75, 3.05) is 11.7 Å². The van der Waals surface area contributed by atoms with Crippen molar-refractivity contribution in [3.63, 3.8) is 0 Å². The number of nitrogen functional groups attached to an aromatic ring is 1. The number of aryl methyl sites for hydroxylation is 1. The van der Waals surface area contributed by atoms with E-state index in [9.17, 15) is 8.42 Å². The molecule has 1 rings (SSSR count). The van der Waals surface area contributed by atoms with Gasteiger partial charge in [-0.05, 0) is 30.7 Å². The molecule has 13 heavy (non-hydrogen) atoms. The molecule has 5 heteroatoms. The third-order valence-corrected chi connectivity index (χ3v) is 3.00. The van der Waals surface area contributed by atoms with Crippen molar-refractivity contribution in [2.24, 2.45) is 5.84 Å². The van der Waals surface area contributed by atoms with Crippen LogP contribution in [0, 0.1) is 6.92 Å². The fourth-order valence-electron chi connectivity index (χ4n) is 1.16. The molecule has 0 aliphatic carbocycles. The quantitative estimate of drug-likeness (QED) is 0.544. The molecular formula is C8H12N2O2S. The summed E-state index contributed by atoms with van der Waals surface area (Å²) in [6.07, 6.45) is 1.19. The first-order chi connectivity index (χ1) is 5.95. The molecule has 4 nitrogen and oxygen atoms in total. The van der Waals surface area contributed by atoms with Crippen molar-refractivity contribution in [1.29, 1.82) is 0 Å². The minimum Gasteiger partial charge on any atom is -0.324 e. The molecule has 0 atom stereocenters. The third-order valence-electron chi connectivity index (χ3n) is 1.74. The summed E-state index contributed by atoms with van der Waals surface area (Å²) in [7, 11) is -3.13. The lowest BCUT2D eigenvalue weighted by Crippen LogP contribution is -2.08. The minimum absolute atomic E-state index is 0.339. The molecule has 0 bridgehead atoms. The molecule has 1 aromatic rings. The molecule has 0 saturated heterocycles. The van der Waals surface area contributed by atoms with Gasteiger partial charge in [-0.15, -0.1) is 0 Å². The normalized spacial score (nSPS) is 11.3. The second-order valence-corrected chi connectivity index (χ2v) is 4.88. The maximum atomic E-state index is 11.2. The molecule has 0 heterocycles. The first-order valence-corrected chi connectivity index (χ1v) is 5.61. The Morgan fingerprint density at radius 1 is 1.38 bits per heavy atom. The molecule has 0 aromatic heterocycles. The van der Waals surface area contributed by atoms with Gasteiger partial charge in [-0.3, -0.25) is 5.84 Å². The second-order valence-electron chi connectivity index (χ2n) is 2.90. The van der Waals surface area contributed by atoms with E-state index in [1.54, 1.807) is 25.1 Å². The Morgan fingerprint density at radius 2 is 2.00 bits per heavy atom. The molecule has 0 saturated carbocycles. The van der Waals surface area contributed by atoms with E-state index in [0.29, 0.717) is 16.1 Å². The van der Waals surface area contributed by atoms with Crippen LogP contribution in [-0.4, -0.2) is 14.7 Å². The molecular weight excluding hydrogens is 188 g/mol. The van der Waals surface area contributed by atoms with Crippen LogP contribution in [0.3, 0.4) is 0 Å². The zero-order valence-electron chi connectivity index (χ0n) is 7.53. The molecule has 0 radical (unpaired) electrons. The molecule has 0 fully saturated rings. The third kappa shape index (κ3) is 2.19. The first-order valence-electron chi connectivity index (χ1n) is 3.72. The van der Waals surface area contributed by atoms with Gasteiger partial charge in [-0.2, -0.15) is 0 Å². The molecule has 72 valence electrons. The highest BCUT2D eigenvalue weighted by atomic mass is 32.2. The van der Waals surface area contributed by atoms with Crippen molar-refractivity contribution < 1.29 is 8.42 Å².